The zero-order chi connectivity index (χ0) is 13.8. The standard InChI is InChI=1S/C15H17Cl2NO/c1-3-18-15(12-6-10(2)19-9-12)7-11-4-5-13(16)8-14(11)17/h4-6,8-9,15,18H,3,7H2,1-2H3. The molecule has 2 rings (SSSR count). The first kappa shape index (κ1) is 14.4. The predicted molar refractivity (Wildman–Crippen MR) is 80.0 cm³/mol. The summed E-state index contributed by atoms with van der Waals surface area (Å²) in [6, 6.07) is 7.87. The monoisotopic (exact) mass is 297 g/mol. The van der Waals surface area contributed by atoms with E-state index < -0.39 is 0 Å². The Kier molecular flexibility index (Phi) is 4.92. The van der Waals surface area contributed by atoms with Gasteiger partial charge in [0.15, 0.2) is 0 Å². The van der Waals surface area contributed by atoms with Gasteiger partial charge in [-0.2, -0.15) is 0 Å². The zero-order valence-electron chi connectivity index (χ0n) is 11.0. The molecule has 2 aromatic rings. The van der Waals surface area contributed by atoms with Crippen molar-refractivity contribution < 1.29 is 4.42 Å². The Hall–Kier alpha value is -0.960. The molecule has 0 radical (unpaired) electrons. The van der Waals surface area contributed by atoms with Crippen molar-refractivity contribution in [1.82, 2.24) is 5.32 Å². The largest absolute Gasteiger partial charge is 0.469 e. The van der Waals surface area contributed by atoms with E-state index in [1.54, 1.807) is 12.3 Å². The third-order valence-corrected chi connectivity index (χ3v) is 3.63. The lowest BCUT2D eigenvalue weighted by atomic mass is 10.0. The molecule has 0 aliphatic heterocycles. The normalized spacial score (nSPS) is 12.6. The van der Waals surface area contributed by atoms with E-state index in [4.69, 9.17) is 27.6 Å². The van der Waals surface area contributed by atoms with E-state index in [0.29, 0.717) is 10.0 Å². The van der Waals surface area contributed by atoms with Crippen molar-refractivity contribution in [3.8, 4) is 0 Å². The van der Waals surface area contributed by atoms with Crippen LogP contribution >= 0.6 is 23.2 Å². The fourth-order valence-electron chi connectivity index (χ4n) is 2.11. The highest BCUT2D eigenvalue weighted by Crippen LogP contribution is 2.27. The molecule has 0 saturated heterocycles. The maximum atomic E-state index is 6.23. The van der Waals surface area contributed by atoms with Crippen molar-refractivity contribution in [1.29, 1.82) is 0 Å². The van der Waals surface area contributed by atoms with Crippen LogP contribution in [-0.4, -0.2) is 6.54 Å². The van der Waals surface area contributed by atoms with Crippen LogP contribution in [0.15, 0.2) is 34.9 Å². The molecule has 0 aliphatic rings. The number of furan rings is 1. The summed E-state index contributed by atoms with van der Waals surface area (Å²) in [6.45, 7) is 4.92. The Morgan fingerprint density at radius 1 is 1.26 bits per heavy atom. The quantitative estimate of drug-likeness (QED) is 0.858. The molecule has 0 amide bonds. The third kappa shape index (κ3) is 3.75. The first-order valence-corrected chi connectivity index (χ1v) is 7.08. The molecular formula is C15H17Cl2NO. The lowest BCUT2D eigenvalue weighted by Gasteiger charge is -2.17. The second-order valence-corrected chi connectivity index (χ2v) is 5.38. The van der Waals surface area contributed by atoms with Crippen LogP contribution in [0, 0.1) is 6.92 Å². The Balaban J connectivity index is 2.21. The zero-order valence-corrected chi connectivity index (χ0v) is 12.6. The first-order chi connectivity index (χ1) is 9.10. The topological polar surface area (TPSA) is 25.2 Å². The van der Waals surface area contributed by atoms with E-state index >= 15 is 0 Å². The minimum Gasteiger partial charge on any atom is -0.469 e. The highest BCUT2D eigenvalue weighted by Gasteiger charge is 2.15. The maximum absolute atomic E-state index is 6.23. The lowest BCUT2D eigenvalue weighted by Crippen LogP contribution is -2.22. The molecular weight excluding hydrogens is 281 g/mol. The van der Waals surface area contributed by atoms with Crippen molar-refractivity contribution >= 4 is 23.2 Å². The van der Waals surface area contributed by atoms with Crippen molar-refractivity contribution in [2.24, 2.45) is 0 Å². The number of hydrogen-bond donors (Lipinski definition) is 1. The fourth-order valence-corrected chi connectivity index (χ4v) is 2.59. The van der Waals surface area contributed by atoms with Crippen LogP contribution in [0.2, 0.25) is 10.0 Å². The molecule has 1 atom stereocenters. The van der Waals surface area contributed by atoms with Crippen LogP contribution in [0.1, 0.15) is 29.9 Å². The minimum atomic E-state index is 0.195. The van der Waals surface area contributed by atoms with Crippen LogP contribution in [-0.2, 0) is 6.42 Å². The maximum Gasteiger partial charge on any atom is 0.101 e. The molecule has 1 aromatic carbocycles. The number of hydrogen-bond acceptors (Lipinski definition) is 2. The van der Waals surface area contributed by atoms with Crippen molar-refractivity contribution in [3.63, 3.8) is 0 Å². The molecule has 0 bridgehead atoms. The Labute approximate surface area is 123 Å². The van der Waals surface area contributed by atoms with E-state index in [1.165, 1.54) is 0 Å². The summed E-state index contributed by atoms with van der Waals surface area (Å²) in [4.78, 5) is 0. The molecule has 19 heavy (non-hydrogen) atoms. The molecule has 1 unspecified atom stereocenters. The van der Waals surface area contributed by atoms with Crippen molar-refractivity contribution in [3.05, 3.63) is 57.5 Å². The highest BCUT2D eigenvalue weighted by molar-refractivity contribution is 6.35. The number of rotatable bonds is 5. The van der Waals surface area contributed by atoms with Gasteiger partial charge < -0.3 is 9.73 Å². The van der Waals surface area contributed by atoms with Gasteiger partial charge in [-0.25, -0.2) is 0 Å². The van der Waals surface area contributed by atoms with Crippen molar-refractivity contribution in [2.45, 2.75) is 26.3 Å². The molecule has 2 nitrogen and oxygen atoms in total. The molecule has 102 valence electrons. The number of benzene rings is 1. The molecule has 1 heterocycles. The fraction of sp³-hybridized carbons (Fsp3) is 0.333. The average molecular weight is 298 g/mol. The van der Waals surface area contributed by atoms with Crippen LogP contribution in [0.3, 0.4) is 0 Å². The van der Waals surface area contributed by atoms with E-state index in [2.05, 4.69) is 18.3 Å². The van der Waals surface area contributed by atoms with Gasteiger partial charge in [0.25, 0.3) is 0 Å². The van der Waals surface area contributed by atoms with Gasteiger partial charge in [-0.3, -0.25) is 0 Å². The number of aryl methyl sites for hydroxylation is 1. The van der Waals surface area contributed by atoms with Crippen molar-refractivity contribution in [2.75, 3.05) is 6.54 Å². The van der Waals surface area contributed by atoms with Gasteiger partial charge in [-0.1, -0.05) is 36.2 Å². The van der Waals surface area contributed by atoms with Gasteiger partial charge in [0.2, 0.25) is 0 Å². The summed E-state index contributed by atoms with van der Waals surface area (Å²) in [7, 11) is 0. The summed E-state index contributed by atoms with van der Waals surface area (Å²) in [5, 5.41) is 4.82. The van der Waals surface area contributed by atoms with Gasteiger partial charge in [-0.05, 0) is 43.7 Å². The van der Waals surface area contributed by atoms with E-state index in [1.807, 2.05) is 19.1 Å². The molecule has 0 aliphatic carbocycles. The Bertz CT molecular complexity index is 551. The predicted octanol–water partition coefficient (Wildman–Crippen LogP) is 4.79. The number of nitrogens with one attached hydrogen (secondary N) is 1. The molecule has 1 N–H and O–H groups in total. The highest BCUT2D eigenvalue weighted by atomic mass is 35.5. The van der Waals surface area contributed by atoms with Crippen LogP contribution in [0.25, 0.3) is 0 Å². The number of halogens is 2. The Morgan fingerprint density at radius 3 is 2.63 bits per heavy atom. The Morgan fingerprint density at radius 2 is 2.05 bits per heavy atom. The molecule has 1 aromatic heterocycles. The second kappa shape index (κ2) is 6.47. The molecule has 4 heteroatoms. The van der Waals surface area contributed by atoms with Gasteiger partial charge in [0.05, 0.1) is 6.26 Å². The van der Waals surface area contributed by atoms with Gasteiger partial charge in [0.1, 0.15) is 5.76 Å². The van der Waals surface area contributed by atoms with Crippen LogP contribution in [0.5, 0.6) is 0 Å². The summed E-state index contributed by atoms with van der Waals surface area (Å²) >= 11 is 12.2. The summed E-state index contributed by atoms with van der Waals surface area (Å²) in [5.41, 5.74) is 2.22. The summed E-state index contributed by atoms with van der Waals surface area (Å²) in [5.74, 6) is 0.917. The summed E-state index contributed by atoms with van der Waals surface area (Å²) in [6.07, 6.45) is 2.61. The van der Waals surface area contributed by atoms with Gasteiger partial charge >= 0.3 is 0 Å². The molecule has 0 fully saturated rings. The third-order valence-electron chi connectivity index (χ3n) is 3.04. The minimum absolute atomic E-state index is 0.195. The van der Waals surface area contributed by atoms with Crippen LogP contribution < -0.4 is 5.32 Å². The molecule has 0 saturated carbocycles. The van der Waals surface area contributed by atoms with E-state index in [9.17, 15) is 0 Å². The second-order valence-electron chi connectivity index (χ2n) is 4.54. The average Bonchev–Trinajstić information content (AvgIpc) is 2.78. The number of likely N-dealkylation sites (N-methyl/N-ethyl adjacent to an activating group) is 1. The lowest BCUT2D eigenvalue weighted by molar-refractivity contribution is 0.511. The molecule has 0 spiro atoms. The van der Waals surface area contributed by atoms with E-state index in [0.717, 1.165) is 29.9 Å². The van der Waals surface area contributed by atoms with Gasteiger partial charge in [0, 0.05) is 21.7 Å². The SMILES string of the molecule is CCNC(Cc1ccc(Cl)cc1Cl)c1coc(C)c1. The first-order valence-electron chi connectivity index (χ1n) is 6.32. The van der Waals surface area contributed by atoms with E-state index in [-0.39, 0.29) is 6.04 Å². The summed E-state index contributed by atoms with van der Waals surface area (Å²) < 4.78 is 5.38. The van der Waals surface area contributed by atoms with Crippen LogP contribution in [0.4, 0.5) is 0 Å². The smallest absolute Gasteiger partial charge is 0.101 e. The van der Waals surface area contributed by atoms with Gasteiger partial charge in [-0.15, -0.1) is 0 Å².